The molecule has 2 aromatic rings. The summed E-state index contributed by atoms with van der Waals surface area (Å²) >= 11 is 0. The van der Waals surface area contributed by atoms with Crippen LogP contribution < -0.4 is 10.1 Å². The second-order valence-electron chi connectivity index (χ2n) is 10.2. The van der Waals surface area contributed by atoms with Crippen LogP contribution in [0.1, 0.15) is 86.0 Å². The van der Waals surface area contributed by atoms with Crippen LogP contribution in [-0.4, -0.2) is 6.61 Å². The number of hydrogen-bond acceptors (Lipinski definition) is 2. The van der Waals surface area contributed by atoms with E-state index < -0.39 is 0 Å². The highest BCUT2D eigenvalue weighted by Crippen LogP contribution is 2.41. The molecular formula is C28H43NO. The third kappa shape index (κ3) is 8.81. The highest BCUT2D eigenvalue weighted by molar-refractivity contribution is 5.59. The van der Waals surface area contributed by atoms with Crippen LogP contribution in [0, 0.1) is 10.8 Å². The monoisotopic (exact) mass is 409 g/mol. The summed E-state index contributed by atoms with van der Waals surface area (Å²) in [5.41, 5.74) is 3.01. The maximum atomic E-state index is 5.90. The summed E-state index contributed by atoms with van der Waals surface area (Å²) in [6, 6.07) is 18.5. The van der Waals surface area contributed by atoms with Gasteiger partial charge in [0, 0.05) is 11.4 Å². The van der Waals surface area contributed by atoms with Crippen molar-refractivity contribution in [3.05, 3.63) is 54.6 Å². The summed E-state index contributed by atoms with van der Waals surface area (Å²) in [7, 11) is 0. The number of unbranched alkanes of at least 4 members (excludes halogenated alkanes) is 6. The fourth-order valence-electron chi connectivity index (χ4n) is 3.44. The lowest BCUT2D eigenvalue weighted by Crippen LogP contribution is -2.29. The molecule has 2 heteroatoms. The predicted molar refractivity (Wildman–Crippen MR) is 132 cm³/mol. The van der Waals surface area contributed by atoms with Gasteiger partial charge in [-0.05, 0) is 60.1 Å². The van der Waals surface area contributed by atoms with E-state index >= 15 is 0 Å². The van der Waals surface area contributed by atoms with Gasteiger partial charge in [-0.3, -0.25) is 0 Å². The van der Waals surface area contributed by atoms with Crippen molar-refractivity contribution < 1.29 is 4.74 Å². The molecule has 0 saturated carbocycles. The molecule has 0 amide bonds. The van der Waals surface area contributed by atoms with E-state index in [0.29, 0.717) is 10.8 Å². The molecule has 30 heavy (non-hydrogen) atoms. The van der Waals surface area contributed by atoms with E-state index in [4.69, 9.17) is 4.74 Å². The van der Waals surface area contributed by atoms with Gasteiger partial charge in [0.15, 0.2) is 0 Å². The van der Waals surface area contributed by atoms with Gasteiger partial charge in [0.1, 0.15) is 5.75 Å². The summed E-state index contributed by atoms with van der Waals surface area (Å²) in [5.74, 6) is 0.954. The molecule has 0 bridgehead atoms. The van der Waals surface area contributed by atoms with Crippen LogP contribution >= 0.6 is 0 Å². The standard InChI is InChI=1S/C28H43NO/c1-27(2,3)28(4,5)22-14-9-7-6-8-10-15-23-30-26-20-18-25(19-21-26)29-24-16-12-11-13-17-24/h11-13,16-21,29H,6-10,14-15,22-23H2,1-5H3. The molecule has 0 spiro atoms. The van der Waals surface area contributed by atoms with Crippen molar-refractivity contribution in [1.29, 1.82) is 0 Å². The molecule has 0 heterocycles. The van der Waals surface area contributed by atoms with Gasteiger partial charge in [0.05, 0.1) is 6.61 Å². The van der Waals surface area contributed by atoms with Crippen molar-refractivity contribution in [3.8, 4) is 5.75 Å². The van der Waals surface area contributed by atoms with Gasteiger partial charge in [-0.15, -0.1) is 0 Å². The molecule has 0 unspecified atom stereocenters. The minimum atomic E-state index is 0.395. The Balaban J connectivity index is 1.49. The molecular weight excluding hydrogens is 366 g/mol. The number of nitrogens with one attached hydrogen (secondary N) is 1. The van der Waals surface area contributed by atoms with Crippen LogP contribution in [0.25, 0.3) is 0 Å². The van der Waals surface area contributed by atoms with Crippen molar-refractivity contribution in [2.24, 2.45) is 10.8 Å². The van der Waals surface area contributed by atoms with Crippen molar-refractivity contribution in [2.75, 3.05) is 11.9 Å². The first-order valence-corrected chi connectivity index (χ1v) is 11.8. The van der Waals surface area contributed by atoms with Crippen LogP contribution in [0.15, 0.2) is 54.6 Å². The minimum absolute atomic E-state index is 0.395. The molecule has 1 N–H and O–H groups in total. The van der Waals surface area contributed by atoms with Gasteiger partial charge in [0.25, 0.3) is 0 Å². The van der Waals surface area contributed by atoms with Crippen LogP contribution in [0.3, 0.4) is 0 Å². The van der Waals surface area contributed by atoms with Crippen LogP contribution in [0.5, 0.6) is 5.75 Å². The lowest BCUT2D eigenvalue weighted by Gasteiger charge is -2.39. The fraction of sp³-hybridized carbons (Fsp3) is 0.571. The van der Waals surface area contributed by atoms with Crippen molar-refractivity contribution in [3.63, 3.8) is 0 Å². The molecule has 166 valence electrons. The average molecular weight is 410 g/mol. The van der Waals surface area contributed by atoms with Gasteiger partial charge in [-0.25, -0.2) is 0 Å². The molecule has 0 saturated heterocycles. The summed E-state index contributed by atoms with van der Waals surface area (Å²) in [6.45, 7) is 12.7. The molecule has 0 atom stereocenters. The number of rotatable bonds is 13. The Morgan fingerprint density at radius 1 is 0.633 bits per heavy atom. The number of para-hydroxylation sites is 1. The Labute approximate surface area is 185 Å². The van der Waals surface area contributed by atoms with E-state index in [1.54, 1.807) is 0 Å². The third-order valence-corrected chi connectivity index (χ3v) is 6.66. The Bertz CT molecular complexity index is 698. The number of ether oxygens (including phenoxy) is 1. The van der Waals surface area contributed by atoms with Gasteiger partial charge < -0.3 is 10.1 Å². The zero-order chi connectivity index (χ0) is 21.9. The van der Waals surface area contributed by atoms with Gasteiger partial charge in [0.2, 0.25) is 0 Å². The zero-order valence-electron chi connectivity index (χ0n) is 20.0. The first kappa shape index (κ1) is 24.3. The average Bonchev–Trinajstić information content (AvgIpc) is 2.70. The van der Waals surface area contributed by atoms with Crippen LogP contribution in [-0.2, 0) is 0 Å². The molecule has 0 aliphatic heterocycles. The quantitative estimate of drug-likeness (QED) is 0.333. The SMILES string of the molecule is CC(C)(C)C(C)(C)CCCCCCCCCOc1ccc(Nc2ccccc2)cc1. The molecule has 2 nitrogen and oxygen atoms in total. The highest BCUT2D eigenvalue weighted by atomic mass is 16.5. The molecule has 0 aromatic heterocycles. The van der Waals surface area contributed by atoms with Crippen LogP contribution in [0.4, 0.5) is 11.4 Å². The van der Waals surface area contributed by atoms with Gasteiger partial charge in [-0.2, -0.15) is 0 Å². The highest BCUT2D eigenvalue weighted by Gasteiger charge is 2.31. The zero-order valence-corrected chi connectivity index (χ0v) is 20.0. The maximum Gasteiger partial charge on any atom is 0.119 e. The van der Waals surface area contributed by atoms with E-state index in [-0.39, 0.29) is 0 Å². The molecule has 0 fully saturated rings. The van der Waals surface area contributed by atoms with E-state index in [0.717, 1.165) is 30.2 Å². The summed E-state index contributed by atoms with van der Waals surface area (Å²) in [5, 5.41) is 3.40. The van der Waals surface area contributed by atoms with Gasteiger partial charge >= 0.3 is 0 Å². The first-order chi connectivity index (χ1) is 14.3. The first-order valence-electron chi connectivity index (χ1n) is 11.8. The second-order valence-corrected chi connectivity index (χ2v) is 10.2. The number of anilines is 2. The van der Waals surface area contributed by atoms with Crippen molar-refractivity contribution in [1.82, 2.24) is 0 Å². The molecule has 0 aliphatic carbocycles. The summed E-state index contributed by atoms with van der Waals surface area (Å²) in [4.78, 5) is 0. The maximum absolute atomic E-state index is 5.90. The summed E-state index contributed by atoms with van der Waals surface area (Å²) in [6.07, 6.45) is 10.5. The van der Waals surface area contributed by atoms with E-state index in [1.807, 2.05) is 30.3 Å². The lowest BCUT2D eigenvalue weighted by molar-refractivity contribution is 0.115. The molecule has 0 radical (unpaired) electrons. The normalized spacial score (nSPS) is 12.0. The Morgan fingerprint density at radius 3 is 1.77 bits per heavy atom. The van der Waals surface area contributed by atoms with E-state index in [9.17, 15) is 0 Å². The third-order valence-electron chi connectivity index (χ3n) is 6.66. The predicted octanol–water partition coefficient (Wildman–Crippen LogP) is 9.00. The van der Waals surface area contributed by atoms with Crippen molar-refractivity contribution >= 4 is 11.4 Å². The van der Waals surface area contributed by atoms with Crippen molar-refractivity contribution in [2.45, 2.75) is 86.0 Å². The molecule has 0 aliphatic rings. The molecule has 2 rings (SSSR count). The fourth-order valence-corrected chi connectivity index (χ4v) is 3.44. The second kappa shape index (κ2) is 12.0. The Morgan fingerprint density at radius 2 is 1.17 bits per heavy atom. The Kier molecular flexibility index (Phi) is 9.75. The van der Waals surface area contributed by atoms with E-state index in [2.05, 4.69) is 64.2 Å². The van der Waals surface area contributed by atoms with Crippen LogP contribution in [0.2, 0.25) is 0 Å². The minimum Gasteiger partial charge on any atom is -0.494 e. The summed E-state index contributed by atoms with van der Waals surface area (Å²) < 4.78 is 5.90. The number of benzene rings is 2. The largest absolute Gasteiger partial charge is 0.494 e. The van der Waals surface area contributed by atoms with Gasteiger partial charge in [-0.1, -0.05) is 91.3 Å². The molecule has 2 aromatic carbocycles. The smallest absolute Gasteiger partial charge is 0.119 e. The number of hydrogen-bond donors (Lipinski definition) is 1. The topological polar surface area (TPSA) is 21.3 Å². The lowest BCUT2D eigenvalue weighted by atomic mass is 9.67. The van der Waals surface area contributed by atoms with E-state index in [1.165, 1.54) is 44.9 Å². The Hall–Kier alpha value is -1.96.